The van der Waals surface area contributed by atoms with Crippen molar-refractivity contribution in [2.24, 2.45) is 0 Å². The summed E-state index contributed by atoms with van der Waals surface area (Å²) in [6.07, 6.45) is 10.1. The molecule has 7 nitrogen and oxygen atoms in total. The fourth-order valence-electron chi connectivity index (χ4n) is 4.86. The molecule has 2 aliphatic heterocycles. The highest BCUT2D eigenvalue weighted by atomic mass is 32.1. The van der Waals surface area contributed by atoms with Crippen LogP contribution in [0.25, 0.3) is 10.8 Å². The number of benzene rings is 1. The molecule has 0 aliphatic carbocycles. The van der Waals surface area contributed by atoms with Crippen molar-refractivity contribution in [2.45, 2.75) is 44.6 Å². The zero-order valence-electron chi connectivity index (χ0n) is 19.4. The highest BCUT2D eigenvalue weighted by Crippen LogP contribution is 2.24. The lowest BCUT2D eigenvalue weighted by Gasteiger charge is -2.37. The molecule has 5 rings (SSSR count). The van der Waals surface area contributed by atoms with Gasteiger partial charge in [-0.15, -0.1) is 11.3 Å². The minimum atomic E-state index is -0.0268. The van der Waals surface area contributed by atoms with Gasteiger partial charge in [-0.2, -0.15) is 0 Å². The summed E-state index contributed by atoms with van der Waals surface area (Å²) in [5.41, 5.74) is 1.82. The number of aryl methyl sites for hydroxylation is 1. The number of ether oxygens (including phenoxy) is 1. The fourth-order valence-corrected chi connectivity index (χ4v) is 5.60. The van der Waals surface area contributed by atoms with Gasteiger partial charge in [-0.1, -0.05) is 18.6 Å². The summed E-state index contributed by atoms with van der Waals surface area (Å²) in [5.74, 6) is 1.44. The Hall–Kier alpha value is -2.84. The van der Waals surface area contributed by atoms with Crippen molar-refractivity contribution in [1.82, 2.24) is 24.8 Å². The van der Waals surface area contributed by atoms with E-state index in [1.54, 1.807) is 18.5 Å². The maximum Gasteiger partial charge on any atom is 0.273 e. The second-order valence-corrected chi connectivity index (χ2v) is 9.83. The van der Waals surface area contributed by atoms with Gasteiger partial charge in [0.05, 0.1) is 6.61 Å². The van der Waals surface area contributed by atoms with E-state index in [9.17, 15) is 4.79 Å². The predicted molar refractivity (Wildman–Crippen MR) is 133 cm³/mol. The van der Waals surface area contributed by atoms with Gasteiger partial charge in [0.2, 0.25) is 0 Å². The van der Waals surface area contributed by atoms with Gasteiger partial charge in [0.1, 0.15) is 11.4 Å². The number of hydrogen-bond donors (Lipinski definition) is 0. The third kappa shape index (κ3) is 5.62. The van der Waals surface area contributed by atoms with E-state index in [2.05, 4.69) is 38.1 Å². The molecule has 3 aromatic rings. The first-order valence-electron chi connectivity index (χ1n) is 12.2. The van der Waals surface area contributed by atoms with Crippen LogP contribution in [0.15, 0.2) is 48.1 Å². The summed E-state index contributed by atoms with van der Waals surface area (Å²) >= 11 is 1.41. The van der Waals surface area contributed by atoms with Gasteiger partial charge in [0.25, 0.3) is 5.91 Å². The van der Waals surface area contributed by atoms with Crippen LogP contribution in [0.3, 0.4) is 0 Å². The number of piperidine rings is 1. The fraction of sp³-hybridized carbons (Fsp3) is 0.462. The number of carbonyl (C=O) groups is 1. The van der Waals surface area contributed by atoms with E-state index >= 15 is 0 Å². The van der Waals surface area contributed by atoms with Gasteiger partial charge in [-0.05, 0) is 62.4 Å². The molecule has 8 heteroatoms. The van der Waals surface area contributed by atoms with Crippen LogP contribution in [0.1, 0.15) is 48.2 Å². The number of carbonyl (C=O) groups excluding carboxylic acids is 1. The van der Waals surface area contributed by atoms with Crippen molar-refractivity contribution >= 4 is 17.2 Å². The molecule has 34 heavy (non-hydrogen) atoms. The molecule has 1 aromatic carbocycles. The van der Waals surface area contributed by atoms with Gasteiger partial charge in [-0.3, -0.25) is 9.69 Å². The highest BCUT2D eigenvalue weighted by Gasteiger charge is 2.25. The molecule has 1 unspecified atom stereocenters. The first-order chi connectivity index (χ1) is 16.8. The molecule has 178 valence electrons. The first kappa shape index (κ1) is 22.9. The van der Waals surface area contributed by atoms with E-state index in [0.29, 0.717) is 42.3 Å². The number of thiazole rings is 1. The molecule has 1 saturated heterocycles. The number of hydrogen-bond acceptors (Lipinski definition) is 7. The summed E-state index contributed by atoms with van der Waals surface area (Å²) in [4.78, 5) is 31.1. The molecule has 1 amide bonds. The zero-order valence-corrected chi connectivity index (χ0v) is 20.3. The number of fused-ring (bicyclic) bond motifs is 3. The maximum absolute atomic E-state index is 13.5. The Morgan fingerprint density at radius 2 is 1.91 bits per heavy atom. The standard InChI is InChI=1S/C26H31N5O2S/c32-26(23-19-34-25(29-23)24-27-11-4-12-28-24)31-14-5-17-33-22-8-3-6-20(18-22)9-10-21-7-1-2-13-30(21)15-16-31/h3-4,6,8,11-12,18-19,21H,1-2,5,7,9-10,13-17H2. The van der Waals surface area contributed by atoms with Crippen molar-refractivity contribution in [1.29, 1.82) is 0 Å². The molecule has 0 saturated carbocycles. The largest absolute Gasteiger partial charge is 0.494 e. The van der Waals surface area contributed by atoms with Crippen LogP contribution in [0.4, 0.5) is 0 Å². The van der Waals surface area contributed by atoms with Crippen molar-refractivity contribution < 1.29 is 9.53 Å². The van der Waals surface area contributed by atoms with Crippen LogP contribution in [0.2, 0.25) is 0 Å². The maximum atomic E-state index is 13.5. The monoisotopic (exact) mass is 477 g/mol. The van der Waals surface area contributed by atoms with Crippen LogP contribution in [0, 0.1) is 0 Å². The van der Waals surface area contributed by atoms with Crippen molar-refractivity contribution in [3.05, 3.63) is 59.4 Å². The van der Waals surface area contributed by atoms with E-state index in [1.165, 1.54) is 36.2 Å². The molecule has 1 fully saturated rings. The van der Waals surface area contributed by atoms with Gasteiger partial charge in [0.15, 0.2) is 10.8 Å². The van der Waals surface area contributed by atoms with E-state index in [0.717, 1.165) is 38.1 Å². The molecule has 0 spiro atoms. The summed E-state index contributed by atoms with van der Waals surface area (Å²) in [6.45, 7) is 3.94. The second kappa shape index (κ2) is 11.1. The van der Waals surface area contributed by atoms with E-state index in [4.69, 9.17) is 4.74 Å². The number of aromatic nitrogens is 3. The number of amides is 1. The first-order valence-corrected chi connectivity index (χ1v) is 13.1. The van der Waals surface area contributed by atoms with Crippen molar-refractivity contribution in [3.8, 4) is 16.6 Å². The molecular formula is C26H31N5O2S. The van der Waals surface area contributed by atoms with Gasteiger partial charge in [-0.25, -0.2) is 15.0 Å². The van der Waals surface area contributed by atoms with Crippen LogP contribution in [-0.2, 0) is 6.42 Å². The Labute approximate surface area is 204 Å². The molecular weight excluding hydrogens is 446 g/mol. The quantitative estimate of drug-likeness (QED) is 0.548. The normalized spacial score (nSPS) is 20.1. The van der Waals surface area contributed by atoms with Gasteiger partial charge >= 0.3 is 0 Å². The molecule has 2 aliphatic rings. The van der Waals surface area contributed by atoms with Crippen molar-refractivity contribution in [2.75, 3.05) is 32.8 Å². The minimum Gasteiger partial charge on any atom is -0.494 e. The van der Waals surface area contributed by atoms with Crippen LogP contribution >= 0.6 is 11.3 Å². The lowest BCUT2D eigenvalue weighted by Crippen LogP contribution is -2.45. The van der Waals surface area contributed by atoms with Gasteiger partial charge < -0.3 is 9.64 Å². The Morgan fingerprint density at radius 1 is 1.00 bits per heavy atom. The number of nitrogens with zero attached hydrogens (tertiary/aromatic N) is 5. The van der Waals surface area contributed by atoms with Crippen LogP contribution < -0.4 is 4.74 Å². The van der Waals surface area contributed by atoms with E-state index in [-0.39, 0.29) is 5.91 Å². The van der Waals surface area contributed by atoms with Crippen molar-refractivity contribution in [3.63, 3.8) is 0 Å². The Bertz CT molecular complexity index is 1090. The topological polar surface area (TPSA) is 71.5 Å². The van der Waals surface area contributed by atoms with Crippen LogP contribution in [0.5, 0.6) is 5.75 Å². The van der Waals surface area contributed by atoms with Gasteiger partial charge in [0, 0.05) is 43.4 Å². The number of rotatable bonds is 2. The molecule has 0 N–H and O–H groups in total. The summed E-state index contributed by atoms with van der Waals surface area (Å²) in [5, 5.41) is 2.50. The van der Waals surface area contributed by atoms with E-state index in [1.807, 2.05) is 16.3 Å². The minimum absolute atomic E-state index is 0.0268. The molecule has 2 aromatic heterocycles. The Morgan fingerprint density at radius 3 is 2.82 bits per heavy atom. The average Bonchev–Trinajstić information content (AvgIpc) is 3.38. The lowest BCUT2D eigenvalue weighted by atomic mass is 9.95. The summed E-state index contributed by atoms with van der Waals surface area (Å²) < 4.78 is 6.02. The smallest absolute Gasteiger partial charge is 0.273 e. The third-order valence-corrected chi connectivity index (χ3v) is 7.52. The zero-order chi connectivity index (χ0) is 23.2. The summed E-state index contributed by atoms with van der Waals surface area (Å²) in [7, 11) is 0. The third-order valence-electron chi connectivity index (χ3n) is 6.68. The summed E-state index contributed by atoms with van der Waals surface area (Å²) in [6, 6.07) is 10.8. The van der Waals surface area contributed by atoms with E-state index < -0.39 is 0 Å². The average molecular weight is 478 g/mol. The molecule has 4 heterocycles. The molecule has 0 radical (unpaired) electrons. The Balaban J connectivity index is 1.33. The second-order valence-electron chi connectivity index (χ2n) is 8.98. The Kier molecular flexibility index (Phi) is 7.46. The SMILES string of the molecule is O=C(c1csc(-c2ncccn2)n1)N1CCCOc2cccc(c2)CCC2CCCCN2CC1. The molecule has 2 bridgehead atoms. The lowest BCUT2D eigenvalue weighted by molar-refractivity contribution is 0.0678. The molecule has 1 atom stereocenters. The highest BCUT2D eigenvalue weighted by molar-refractivity contribution is 7.13. The predicted octanol–water partition coefficient (Wildman–Crippen LogP) is 4.31. The van der Waals surface area contributed by atoms with Crippen LogP contribution in [-0.4, -0.2) is 69.5 Å².